The summed E-state index contributed by atoms with van der Waals surface area (Å²) < 4.78 is 0. The molecule has 1 aliphatic rings. The van der Waals surface area contributed by atoms with Crippen LogP contribution in [0.25, 0.3) is 0 Å². The van der Waals surface area contributed by atoms with Crippen molar-refractivity contribution in [3.63, 3.8) is 0 Å². The van der Waals surface area contributed by atoms with Crippen LogP contribution in [-0.2, 0) is 4.79 Å². The summed E-state index contributed by atoms with van der Waals surface area (Å²) in [5.74, 6) is 0.998. The van der Waals surface area contributed by atoms with Gasteiger partial charge in [0.15, 0.2) is 0 Å². The largest absolute Gasteiger partial charge is 0.299 e. The van der Waals surface area contributed by atoms with Gasteiger partial charge in [-0.1, -0.05) is 84.0 Å². The number of rotatable bonds is 10. The number of carbonyl (C=O) groups excluding carboxylic acids is 1. The molecule has 0 spiro atoms. The molecule has 0 amide bonds. The van der Waals surface area contributed by atoms with Gasteiger partial charge in [0.05, 0.1) is 0 Å². The minimum absolute atomic E-state index is 0.417. The molecule has 0 N–H and O–H groups in total. The highest BCUT2D eigenvalue weighted by Gasteiger charge is 2.18. The smallest absolute Gasteiger partial charge is 0.135 e. The van der Waals surface area contributed by atoms with E-state index in [1.54, 1.807) is 0 Å². The Morgan fingerprint density at radius 3 is 1.85 bits per heavy atom. The maximum Gasteiger partial charge on any atom is 0.135 e. The Morgan fingerprint density at radius 1 is 0.750 bits per heavy atom. The van der Waals surface area contributed by atoms with E-state index in [9.17, 15) is 4.79 Å². The van der Waals surface area contributed by atoms with Gasteiger partial charge in [0.25, 0.3) is 0 Å². The fraction of sp³-hybridized carbons (Fsp3) is 0.947. The molecule has 1 aliphatic carbocycles. The predicted octanol–water partition coefficient (Wildman–Crippen LogP) is 6.45. The van der Waals surface area contributed by atoms with Gasteiger partial charge in [0.1, 0.15) is 5.78 Å². The molecule has 0 aromatic carbocycles. The minimum Gasteiger partial charge on any atom is -0.299 e. The van der Waals surface area contributed by atoms with E-state index < -0.39 is 0 Å². The lowest BCUT2D eigenvalue weighted by Gasteiger charge is -2.18. The standard InChI is InChI=1S/C19H36O/c1-2-3-4-5-6-7-11-14-17-19(20)18-15-12-9-8-10-13-16-18/h18H,2-17H2,1H3. The fourth-order valence-electron chi connectivity index (χ4n) is 3.42. The van der Waals surface area contributed by atoms with E-state index in [0.29, 0.717) is 11.7 Å². The highest BCUT2D eigenvalue weighted by molar-refractivity contribution is 5.80. The SMILES string of the molecule is CCCCCCCCCCC(=O)C1CCCCCCC1. The van der Waals surface area contributed by atoms with Crippen LogP contribution in [0.5, 0.6) is 0 Å². The molecule has 1 rings (SSSR count). The van der Waals surface area contributed by atoms with Crippen LogP contribution in [0.1, 0.15) is 110 Å². The van der Waals surface area contributed by atoms with Crippen molar-refractivity contribution in [3.05, 3.63) is 0 Å². The van der Waals surface area contributed by atoms with Crippen LogP contribution in [0, 0.1) is 5.92 Å². The molecule has 0 aromatic rings. The first-order valence-corrected chi connectivity index (χ1v) is 9.37. The van der Waals surface area contributed by atoms with E-state index in [1.165, 1.54) is 89.9 Å². The van der Waals surface area contributed by atoms with Crippen LogP contribution in [0.3, 0.4) is 0 Å². The second kappa shape index (κ2) is 12.4. The third kappa shape index (κ3) is 8.76. The molecule has 0 aliphatic heterocycles. The lowest BCUT2D eigenvalue weighted by atomic mass is 9.86. The zero-order valence-electron chi connectivity index (χ0n) is 13.8. The Labute approximate surface area is 126 Å². The van der Waals surface area contributed by atoms with E-state index in [-0.39, 0.29) is 0 Å². The molecule has 0 radical (unpaired) electrons. The number of ketones is 1. The van der Waals surface area contributed by atoms with Crippen LogP contribution < -0.4 is 0 Å². The summed E-state index contributed by atoms with van der Waals surface area (Å²) in [6.07, 6.45) is 20.5. The van der Waals surface area contributed by atoms with E-state index in [0.717, 1.165) is 12.8 Å². The summed E-state index contributed by atoms with van der Waals surface area (Å²) in [5, 5.41) is 0. The molecule has 0 atom stereocenters. The molecule has 0 heterocycles. The van der Waals surface area contributed by atoms with Gasteiger partial charge in [-0.15, -0.1) is 0 Å². The normalized spacial score (nSPS) is 17.6. The van der Waals surface area contributed by atoms with Crippen LogP contribution in [0.4, 0.5) is 0 Å². The lowest BCUT2D eigenvalue weighted by Crippen LogP contribution is -2.15. The summed E-state index contributed by atoms with van der Waals surface area (Å²) in [4.78, 5) is 12.2. The first-order valence-electron chi connectivity index (χ1n) is 9.37. The molecule has 118 valence electrons. The quantitative estimate of drug-likeness (QED) is 0.420. The van der Waals surface area contributed by atoms with Gasteiger partial charge in [0, 0.05) is 12.3 Å². The van der Waals surface area contributed by atoms with Crippen LogP contribution in [0.15, 0.2) is 0 Å². The first kappa shape index (κ1) is 17.7. The summed E-state index contributed by atoms with van der Waals surface area (Å²) in [6.45, 7) is 2.26. The molecule has 1 heteroatoms. The topological polar surface area (TPSA) is 17.1 Å². The van der Waals surface area contributed by atoms with Gasteiger partial charge in [-0.2, -0.15) is 0 Å². The number of hydrogen-bond acceptors (Lipinski definition) is 1. The Hall–Kier alpha value is -0.330. The summed E-state index contributed by atoms with van der Waals surface area (Å²) >= 11 is 0. The maximum atomic E-state index is 12.2. The van der Waals surface area contributed by atoms with Crippen molar-refractivity contribution in [3.8, 4) is 0 Å². The molecule has 1 nitrogen and oxygen atoms in total. The Kier molecular flexibility index (Phi) is 11.0. The van der Waals surface area contributed by atoms with Crippen molar-refractivity contribution < 1.29 is 4.79 Å². The average molecular weight is 280 g/mol. The van der Waals surface area contributed by atoms with Crippen molar-refractivity contribution in [1.29, 1.82) is 0 Å². The Balaban J connectivity index is 1.98. The van der Waals surface area contributed by atoms with Crippen LogP contribution in [0.2, 0.25) is 0 Å². The van der Waals surface area contributed by atoms with Gasteiger partial charge in [-0.05, 0) is 19.3 Å². The van der Waals surface area contributed by atoms with Crippen molar-refractivity contribution >= 4 is 5.78 Å². The summed E-state index contributed by atoms with van der Waals surface area (Å²) in [7, 11) is 0. The predicted molar refractivity (Wildman–Crippen MR) is 88.0 cm³/mol. The molecule has 0 aromatic heterocycles. The van der Waals surface area contributed by atoms with Crippen molar-refractivity contribution in [1.82, 2.24) is 0 Å². The minimum atomic E-state index is 0.417. The number of Topliss-reactive ketones (excluding diaryl/α,β-unsaturated/α-hetero) is 1. The highest BCUT2D eigenvalue weighted by Crippen LogP contribution is 2.24. The fourth-order valence-corrected chi connectivity index (χ4v) is 3.42. The van der Waals surface area contributed by atoms with E-state index in [4.69, 9.17) is 0 Å². The van der Waals surface area contributed by atoms with Crippen LogP contribution in [-0.4, -0.2) is 5.78 Å². The molecule has 1 saturated carbocycles. The zero-order chi connectivity index (χ0) is 14.5. The lowest BCUT2D eigenvalue weighted by molar-refractivity contribution is -0.123. The highest BCUT2D eigenvalue weighted by atomic mass is 16.1. The van der Waals surface area contributed by atoms with Gasteiger partial charge >= 0.3 is 0 Å². The number of unbranched alkanes of at least 4 members (excludes halogenated alkanes) is 7. The second-order valence-corrected chi connectivity index (χ2v) is 6.73. The second-order valence-electron chi connectivity index (χ2n) is 6.73. The van der Waals surface area contributed by atoms with Gasteiger partial charge in [-0.3, -0.25) is 4.79 Å². The molecular formula is C19H36O. The van der Waals surface area contributed by atoms with Crippen molar-refractivity contribution in [2.24, 2.45) is 5.92 Å². The zero-order valence-corrected chi connectivity index (χ0v) is 13.8. The molecular weight excluding hydrogens is 244 g/mol. The van der Waals surface area contributed by atoms with Crippen molar-refractivity contribution in [2.45, 2.75) is 110 Å². The van der Waals surface area contributed by atoms with Crippen molar-refractivity contribution in [2.75, 3.05) is 0 Å². The number of carbonyl (C=O) groups is 1. The Bertz CT molecular complexity index is 226. The molecule has 20 heavy (non-hydrogen) atoms. The van der Waals surface area contributed by atoms with E-state index >= 15 is 0 Å². The first-order chi connectivity index (χ1) is 9.84. The number of hydrogen-bond donors (Lipinski definition) is 0. The molecule has 0 saturated heterocycles. The summed E-state index contributed by atoms with van der Waals surface area (Å²) in [5.41, 5.74) is 0. The molecule has 0 bridgehead atoms. The van der Waals surface area contributed by atoms with E-state index in [2.05, 4.69) is 6.92 Å². The third-order valence-corrected chi connectivity index (χ3v) is 4.84. The van der Waals surface area contributed by atoms with Gasteiger partial charge in [-0.25, -0.2) is 0 Å². The third-order valence-electron chi connectivity index (χ3n) is 4.84. The van der Waals surface area contributed by atoms with Gasteiger partial charge < -0.3 is 0 Å². The average Bonchev–Trinajstić information content (AvgIpc) is 2.41. The Morgan fingerprint density at radius 2 is 1.25 bits per heavy atom. The summed E-state index contributed by atoms with van der Waals surface area (Å²) in [6, 6.07) is 0. The monoisotopic (exact) mass is 280 g/mol. The maximum absolute atomic E-state index is 12.2. The van der Waals surface area contributed by atoms with Gasteiger partial charge in [0.2, 0.25) is 0 Å². The molecule has 1 fully saturated rings. The van der Waals surface area contributed by atoms with Crippen LogP contribution >= 0.6 is 0 Å². The molecule has 0 unspecified atom stereocenters. The van der Waals surface area contributed by atoms with E-state index in [1.807, 2.05) is 0 Å².